The van der Waals surface area contributed by atoms with Gasteiger partial charge in [0.25, 0.3) is 0 Å². The first-order valence-corrected chi connectivity index (χ1v) is 6.76. The molecule has 18 heavy (non-hydrogen) atoms. The summed E-state index contributed by atoms with van der Waals surface area (Å²) in [5, 5.41) is 0.798. The summed E-state index contributed by atoms with van der Waals surface area (Å²) in [5.41, 5.74) is 6.72. The Morgan fingerprint density at radius 3 is 2.22 bits per heavy atom. The molecule has 0 aliphatic heterocycles. The minimum absolute atomic E-state index is 0.530. The first-order valence-electron chi connectivity index (χ1n) is 6.38. The van der Waals surface area contributed by atoms with E-state index >= 15 is 0 Å². The van der Waals surface area contributed by atoms with Crippen molar-refractivity contribution in [3.8, 4) is 0 Å². The van der Waals surface area contributed by atoms with Crippen molar-refractivity contribution in [1.29, 1.82) is 0 Å². The Morgan fingerprint density at radius 1 is 0.944 bits per heavy atom. The minimum atomic E-state index is 0.530. The first-order chi connectivity index (χ1) is 8.79. The Hall–Kier alpha value is -1.31. The topological polar surface area (TPSA) is 27.6 Å². The van der Waals surface area contributed by atoms with Gasteiger partial charge in [-0.1, -0.05) is 54.1 Å². The molecule has 0 fully saturated rings. The summed E-state index contributed by atoms with van der Waals surface area (Å²) in [5.74, 6) is 0.530. The zero-order valence-corrected chi connectivity index (χ0v) is 11.2. The zero-order chi connectivity index (χ0) is 12.8. The third-order valence-electron chi connectivity index (χ3n) is 3.22. The van der Waals surface area contributed by atoms with E-state index in [0.29, 0.717) is 5.92 Å². The molecule has 1 nitrogen and oxygen atoms in total. The smallest absolute Gasteiger partial charge is 0.0745 e. The monoisotopic (exact) mass is 260 g/mol. The fourth-order valence-corrected chi connectivity index (χ4v) is 2.39. The molecule has 0 unspecified atom stereocenters. The fourth-order valence-electron chi connectivity index (χ4n) is 2.27. The van der Waals surface area contributed by atoms with Gasteiger partial charge in [-0.3, -0.25) is 0 Å². The van der Waals surface area contributed by atoms with Crippen LogP contribution >= 0.6 is 11.6 Å². The van der Waals surface area contributed by atoms with Crippen molar-refractivity contribution < 1.29 is 5.73 Å². The van der Waals surface area contributed by atoms with Gasteiger partial charge in [-0.2, -0.15) is 0 Å². The van der Waals surface area contributed by atoms with Gasteiger partial charge in [0.1, 0.15) is 0 Å². The maximum Gasteiger partial charge on any atom is 0.0745 e. The predicted molar refractivity (Wildman–Crippen MR) is 76.7 cm³/mol. The van der Waals surface area contributed by atoms with Crippen LogP contribution in [0.15, 0.2) is 54.6 Å². The number of rotatable bonds is 5. The number of halogens is 1. The molecule has 0 saturated heterocycles. The summed E-state index contributed by atoms with van der Waals surface area (Å²) in [6, 6.07) is 18.8. The van der Waals surface area contributed by atoms with Crippen LogP contribution in [-0.2, 0) is 6.42 Å². The minimum Gasteiger partial charge on any atom is -0.358 e. The van der Waals surface area contributed by atoms with Gasteiger partial charge in [0.05, 0.1) is 6.54 Å². The van der Waals surface area contributed by atoms with Gasteiger partial charge in [-0.15, -0.1) is 0 Å². The number of hydrogen-bond donors (Lipinski definition) is 1. The van der Waals surface area contributed by atoms with Crippen LogP contribution in [0.2, 0.25) is 5.02 Å². The van der Waals surface area contributed by atoms with Crippen LogP contribution < -0.4 is 5.73 Å². The van der Waals surface area contributed by atoms with Gasteiger partial charge < -0.3 is 5.73 Å². The second kappa shape index (κ2) is 6.58. The summed E-state index contributed by atoms with van der Waals surface area (Å²) >= 11 is 5.94. The van der Waals surface area contributed by atoms with E-state index in [1.54, 1.807) is 0 Å². The van der Waals surface area contributed by atoms with E-state index in [-0.39, 0.29) is 0 Å². The highest BCUT2D eigenvalue weighted by Gasteiger charge is 2.12. The summed E-state index contributed by atoms with van der Waals surface area (Å²) in [6.07, 6.45) is 2.18. The van der Waals surface area contributed by atoms with Crippen LogP contribution in [0.5, 0.6) is 0 Å². The Balaban J connectivity index is 2.15. The van der Waals surface area contributed by atoms with Gasteiger partial charge >= 0.3 is 0 Å². The third-order valence-corrected chi connectivity index (χ3v) is 3.47. The quantitative estimate of drug-likeness (QED) is 0.854. The van der Waals surface area contributed by atoms with Gasteiger partial charge in [0.15, 0.2) is 0 Å². The fraction of sp³-hybridized carbons (Fsp3) is 0.250. The van der Waals surface area contributed by atoms with Gasteiger partial charge in [0, 0.05) is 11.4 Å². The molecule has 1 atom stereocenters. The van der Waals surface area contributed by atoms with E-state index in [1.807, 2.05) is 12.1 Å². The highest BCUT2D eigenvalue weighted by Crippen LogP contribution is 2.25. The lowest BCUT2D eigenvalue weighted by atomic mass is 9.89. The molecular weight excluding hydrogens is 242 g/mol. The Morgan fingerprint density at radius 2 is 1.61 bits per heavy atom. The SMILES string of the molecule is [NH3+]CC[C@H](Cc1ccccc1)c1ccc(Cl)cc1. The lowest BCUT2D eigenvalue weighted by molar-refractivity contribution is -0.369. The molecule has 0 bridgehead atoms. The average molecular weight is 261 g/mol. The molecule has 3 N–H and O–H groups in total. The molecule has 94 valence electrons. The molecule has 2 heteroatoms. The van der Waals surface area contributed by atoms with E-state index in [9.17, 15) is 0 Å². The molecule has 2 rings (SSSR count). The number of benzene rings is 2. The molecule has 2 aromatic rings. The predicted octanol–water partition coefficient (Wildman–Crippen LogP) is 3.30. The molecule has 0 aliphatic carbocycles. The van der Waals surface area contributed by atoms with Crippen molar-refractivity contribution in [2.24, 2.45) is 0 Å². The van der Waals surface area contributed by atoms with Crippen LogP contribution in [0, 0.1) is 0 Å². The summed E-state index contributed by atoms with van der Waals surface area (Å²) in [4.78, 5) is 0. The molecule has 0 spiro atoms. The van der Waals surface area contributed by atoms with Gasteiger partial charge in [0.2, 0.25) is 0 Å². The Labute approximate surface area is 114 Å². The maximum atomic E-state index is 5.94. The second-order valence-electron chi connectivity index (χ2n) is 4.58. The highest BCUT2D eigenvalue weighted by atomic mass is 35.5. The maximum absolute atomic E-state index is 5.94. The molecule has 0 saturated carbocycles. The van der Waals surface area contributed by atoms with Crippen LogP contribution in [-0.4, -0.2) is 6.54 Å². The lowest BCUT2D eigenvalue weighted by Crippen LogP contribution is -2.50. The van der Waals surface area contributed by atoms with Crippen molar-refractivity contribution in [3.05, 3.63) is 70.7 Å². The van der Waals surface area contributed by atoms with Crippen molar-refractivity contribution in [3.63, 3.8) is 0 Å². The van der Waals surface area contributed by atoms with Crippen molar-refractivity contribution >= 4 is 11.6 Å². The largest absolute Gasteiger partial charge is 0.358 e. The van der Waals surface area contributed by atoms with Crippen LogP contribution in [0.3, 0.4) is 0 Å². The summed E-state index contributed by atoms with van der Waals surface area (Å²) in [6.45, 7) is 0.958. The van der Waals surface area contributed by atoms with Crippen molar-refractivity contribution in [1.82, 2.24) is 0 Å². The second-order valence-corrected chi connectivity index (χ2v) is 5.02. The molecule has 0 heterocycles. The molecular formula is C16H19ClN+. The third kappa shape index (κ3) is 3.59. The Bertz CT molecular complexity index is 464. The van der Waals surface area contributed by atoms with Crippen LogP contribution in [0.25, 0.3) is 0 Å². The number of quaternary nitrogens is 1. The summed E-state index contributed by atoms with van der Waals surface area (Å²) < 4.78 is 0. The average Bonchev–Trinajstić information content (AvgIpc) is 2.40. The van der Waals surface area contributed by atoms with Crippen LogP contribution in [0.4, 0.5) is 0 Å². The van der Waals surface area contributed by atoms with Crippen molar-refractivity contribution in [2.45, 2.75) is 18.8 Å². The van der Waals surface area contributed by atoms with E-state index in [4.69, 9.17) is 11.6 Å². The zero-order valence-electron chi connectivity index (χ0n) is 10.5. The molecule has 0 radical (unpaired) electrons. The summed E-state index contributed by atoms with van der Waals surface area (Å²) in [7, 11) is 0. The number of hydrogen-bond acceptors (Lipinski definition) is 0. The first kappa shape index (κ1) is 13.1. The van der Waals surface area contributed by atoms with Gasteiger partial charge in [-0.25, -0.2) is 0 Å². The van der Waals surface area contributed by atoms with E-state index in [0.717, 1.165) is 24.4 Å². The highest BCUT2D eigenvalue weighted by molar-refractivity contribution is 6.30. The van der Waals surface area contributed by atoms with E-state index in [1.165, 1.54) is 11.1 Å². The van der Waals surface area contributed by atoms with E-state index < -0.39 is 0 Å². The molecule has 0 amide bonds. The van der Waals surface area contributed by atoms with Crippen molar-refractivity contribution in [2.75, 3.05) is 6.54 Å². The van der Waals surface area contributed by atoms with Gasteiger partial charge in [-0.05, 0) is 35.6 Å². The Kier molecular flexibility index (Phi) is 4.80. The molecule has 0 aliphatic rings. The van der Waals surface area contributed by atoms with Crippen LogP contribution in [0.1, 0.15) is 23.5 Å². The molecule has 0 aromatic heterocycles. The lowest BCUT2D eigenvalue weighted by Gasteiger charge is -2.16. The normalized spacial score (nSPS) is 12.3. The van der Waals surface area contributed by atoms with E-state index in [2.05, 4.69) is 48.2 Å². The standard InChI is InChI=1S/C16H18ClN/c17-16-8-6-14(7-9-16)15(10-11-18)12-13-4-2-1-3-5-13/h1-9,15H,10-12,18H2/p+1/t15-/m1/s1. The molecule has 2 aromatic carbocycles.